The molecule has 0 unspecified atom stereocenters. The first-order valence-electron chi connectivity index (χ1n) is 6.16. The van der Waals surface area contributed by atoms with Gasteiger partial charge in [0.1, 0.15) is 5.69 Å². The molecule has 0 aliphatic rings. The lowest BCUT2D eigenvalue weighted by Crippen LogP contribution is -2.00. The summed E-state index contributed by atoms with van der Waals surface area (Å²) >= 11 is 8.53. The lowest BCUT2D eigenvalue weighted by molar-refractivity contribution is 0.112. The Hall–Kier alpha value is -1.24. The maximum atomic E-state index is 11.3. The van der Waals surface area contributed by atoms with E-state index in [1.54, 1.807) is 22.2 Å². The second-order valence-electron chi connectivity index (χ2n) is 4.51. The molecule has 0 aliphatic carbocycles. The van der Waals surface area contributed by atoms with Gasteiger partial charge in [-0.1, -0.05) is 28.1 Å². The molecule has 1 aromatic carbocycles. The molecule has 0 radical (unpaired) electrons. The molecular weight excluding hydrogens is 416 g/mol. The number of hydrogen-bond acceptors (Lipinski definition) is 3. The van der Waals surface area contributed by atoms with Crippen LogP contribution in [-0.2, 0) is 6.54 Å². The summed E-state index contributed by atoms with van der Waals surface area (Å²) in [5.74, 6) is 0. The topological polar surface area (TPSA) is 34.9 Å². The van der Waals surface area contributed by atoms with Crippen LogP contribution >= 0.6 is 43.2 Å². The van der Waals surface area contributed by atoms with E-state index in [0.29, 0.717) is 17.8 Å². The van der Waals surface area contributed by atoms with Gasteiger partial charge in [0.25, 0.3) is 0 Å². The number of hydrogen-bond donors (Lipinski definition) is 0. The largest absolute Gasteiger partial charge is 0.298 e. The molecule has 0 amide bonds. The average molecular weight is 426 g/mol. The molecule has 106 valence electrons. The Morgan fingerprint density at radius 3 is 2.81 bits per heavy atom. The van der Waals surface area contributed by atoms with Crippen LogP contribution in [0.2, 0.25) is 0 Å². The Morgan fingerprint density at radius 2 is 2.14 bits per heavy atom. The molecule has 3 aromatic rings. The summed E-state index contributed by atoms with van der Waals surface area (Å²) < 4.78 is 3.79. The molecule has 3 nitrogen and oxygen atoms in total. The van der Waals surface area contributed by atoms with Crippen LogP contribution in [0.5, 0.6) is 0 Å². The fourth-order valence-corrected chi connectivity index (χ4v) is 4.00. The molecule has 0 saturated heterocycles. The number of carbonyl (C=O) groups excluding carboxylic acids is 1. The summed E-state index contributed by atoms with van der Waals surface area (Å²) in [6.45, 7) is 0.627. The molecular formula is C15H10Br2N2OS. The molecule has 0 spiro atoms. The Labute approximate surface area is 142 Å². The van der Waals surface area contributed by atoms with Gasteiger partial charge < -0.3 is 0 Å². The minimum atomic E-state index is 0.601. The fourth-order valence-electron chi connectivity index (χ4n) is 2.09. The molecule has 2 aromatic heterocycles. The van der Waals surface area contributed by atoms with Gasteiger partial charge in [0, 0.05) is 31.5 Å². The molecule has 0 atom stereocenters. The van der Waals surface area contributed by atoms with Gasteiger partial charge in [-0.05, 0) is 33.6 Å². The second-order valence-corrected chi connectivity index (χ2v) is 7.03. The highest BCUT2D eigenvalue weighted by Gasteiger charge is 2.14. The summed E-state index contributed by atoms with van der Waals surface area (Å²) in [7, 11) is 0. The molecule has 0 saturated carbocycles. The molecule has 0 bridgehead atoms. The van der Waals surface area contributed by atoms with E-state index in [2.05, 4.69) is 37.0 Å². The van der Waals surface area contributed by atoms with E-state index in [-0.39, 0.29) is 0 Å². The normalized spacial score (nSPS) is 10.8. The van der Waals surface area contributed by atoms with Gasteiger partial charge in [0.05, 0.1) is 12.1 Å². The van der Waals surface area contributed by atoms with Crippen LogP contribution in [0.15, 0.2) is 50.2 Å². The van der Waals surface area contributed by atoms with Gasteiger partial charge in [-0.15, -0.1) is 0 Å². The molecule has 0 N–H and O–H groups in total. The Balaban J connectivity index is 1.96. The Morgan fingerprint density at radius 1 is 1.29 bits per heavy atom. The van der Waals surface area contributed by atoms with E-state index in [9.17, 15) is 4.79 Å². The minimum absolute atomic E-state index is 0.601. The van der Waals surface area contributed by atoms with Crippen molar-refractivity contribution in [2.45, 2.75) is 6.54 Å². The molecule has 2 heterocycles. The van der Waals surface area contributed by atoms with Crippen molar-refractivity contribution in [3.63, 3.8) is 0 Å². The molecule has 0 fully saturated rings. The second kappa shape index (κ2) is 6.25. The first-order chi connectivity index (χ1) is 10.2. The van der Waals surface area contributed by atoms with Gasteiger partial charge >= 0.3 is 0 Å². The van der Waals surface area contributed by atoms with Crippen molar-refractivity contribution in [3.8, 4) is 11.3 Å². The first kappa shape index (κ1) is 14.7. The van der Waals surface area contributed by atoms with E-state index in [1.165, 1.54) is 0 Å². The van der Waals surface area contributed by atoms with Crippen molar-refractivity contribution in [2.75, 3.05) is 0 Å². The highest BCUT2D eigenvalue weighted by atomic mass is 79.9. The standard InChI is InChI=1S/C15H10Br2N2OS/c16-12-3-1-2-10(4-12)5-19-6-11(7-20)15(18-19)13-8-21-9-14(13)17/h1-4,6-9H,5H2. The van der Waals surface area contributed by atoms with E-state index in [0.717, 1.165) is 26.4 Å². The van der Waals surface area contributed by atoms with Crippen molar-refractivity contribution in [3.05, 3.63) is 61.3 Å². The zero-order valence-corrected chi connectivity index (χ0v) is 14.8. The third-order valence-electron chi connectivity index (χ3n) is 3.02. The third-order valence-corrected chi connectivity index (χ3v) is 5.22. The van der Waals surface area contributed by atoms with Crippen molar-refractivity contribution in [1.29, 1.82) is 0 Å². The number of halogens is 2. The van der Waals surface area contributed by atoms with Gasteiger partial charge in [-0.2, -0.15) is 16.4 Å². The number of carbonyl (C=O) groups is 1. The molecule has 21 heavy (non-hydrogen) atoms. The summed E-state index contributed by atoms with van der Waals surface area (Å²) in [6.07, 6.45) is 2.64. The van der Waals surface area contributed by atoms with Gasteiger partial charge in [-0.25, -0.2) is 0 Å². The van der Waals surface area contributed by atoms with Crippen LogP contribution in [0.25, 0.3) is 11.3 Å². The highest BCUT2D eigenvalue weighted by Crippen LogP contribution is 2.32. The van der Waals surface area contributed by atoms with Crippen LogP contribution in [0, 0.1) is 0 Å². The predicted octanol–water partition coefficient (Wildman–Crippen LogP) is 5.00. The van der Waals surface area contributed by atoms with E-state index < -0.39 is 0 Å². The van der Waals surface area contributed by atoms with Gasteiger partial charge in [0.2, 0.25) is 0 Å². The van der Waals surface area contributed by atoms with Crippen molar-refractivity contribution in [2.24, 2.45) is 0 Å². The minimum Gasteiger partial charge on any atom is -0.298 e. The lowest BCUT2D eigenvalue weighted by atomic mass is 10.2. The average Bonchev–Trinajstić information content (AvgIpc) is 3.04. The maximum Gasteiger partial charge on any atom is 0.153 e. The van der Waals surface area contributed by atoms with Crippen LogP contribution in [0.1, 0.15) is 15.9 Å². The van der Waals surface area contributed by atoms with Crippen LogP contribution in [0.3, 0.4) is 0 Å². The van der Waals surface area contributed by atoms with Crippen molar-refractivity contribution >= 4 is 49.5 Å². The number of benzene rings is 1. The highest BCUT2D eigenvalue weighted by molar-refractivity contribution is 9.10. The smallest absolute Gasteiger partial charge is 0.153 e. The van der Waals surface area contributed by atoms with Gasteiger partial charge in [0.15, 0.2) is 6.29 Å². The van der Waals surface area contributed by atoms with E-state index in [1.807, 2.05) is 35.0 Å². The fraction of sp³-hybridized carbons (Fsp3) is 0.0667. The maximum absolute atomic E-state index is 11.3. The van der Waals surface area contributed by atoms with E-state index >= 15 is 0 Å². The Bertz CT molecular complexity index is 795. The molecule has 6 heteroatoms. The zero-order chi connectivity index (χ0) is 14.8. The van der Waals surface area contributed by atoms with Crippen molar-refractivity contribution in [1.82, 2.24) is 9.78 Å². The van der Waals surface area contributed by atoms with Crippen LogP contribution in [-0.4, -0.2) is 16.1 Å². The number of thiophene rings is 1. The summed E-state index contributed by atoms with van der Waals surface area (Å²) in [5, 5.41) is 8.53. The van der Waals surface area contributed by atoms with E-state index in [4.69, 9.17) is 0 Å². The zero-order valence-electron chi connectivity index (χ0n) is 10.8. The summed E-state index contributed by atoms with van der Waals surface area (Å²) in [6, 6.07) is 8.05. The number of rotatable bonds is 4. The predicted molar refractivity (Wildman–Crippen MR) is 91.9 cm³/mol. The summed E-state index contributed by atoms with van der Waals surface area (Å²) in [5.41, 5.74) is 3.40. The quantitative estimate of drug-likeness (QED) is 0.551. The Kier molecular flexibility index (Phi) is 4.37. The SMILES string of the molecule is O=Cc1cn(Cc2cccc(Br)c2)nc1-c1cscc1Br. The van der Waals surface area contributed by atoms with Crippen molar-refractivity contribution < 1.29 is 4.79 Å². The number of nitrogens with zero attached hydrogens (tertiary/aromatic N) is 2. The first-order valence-corrected chi connectivity index (χ1v) is 8.69. The van der Waals surface area contributed by atoms with Crippen LogP contribution < -0.4 is 0 Å². The molecule has 3 rings (SSSR count). The van der Waals surface area contributed by atoms with Crippen LogP contribution in [0.4, 0.5) is 0 Å². The third kappa shape index (κ3) is 3.17. The lowest BCUT2D eigenvalue weighted by Gasteiger charge is -2.02. The summed E-state index contributed by atoms with van der Waals surface area (Å²) in [4.78, 5) is 11.3. The molecule has 0 aliphatic heterocycles. The monoisotopic (exact) mass is 424 g/mol. The number of aromatic nitrogens is 2. The van der Waals surface area contributed by atoms with Gasteiger partial charge in [-0.3, -0.25) is 9.48 Å². The number of aldehydes is 1.